The first-order chi connectivity index (χ1) is 19.7. The molecule has 0 saturated carbocycles. The summed E-state index contributed by atoms with van der Waals surface area (Å²) in [5.74, 6) is -0.277. The summed E-state index contributed by atoms with van der Waals surface area (Å²) in [6, 6.07) is 20.1. The Morgan fingerprint density at radius 2 is 1.61 bits per heavy atom. The van der Waals surface area contributed by atoms with Gasteiger partial charge in [0.1, 0.15) is 0 Å². The predicted molar refractivity (Wildman–Crippen MR) is 163 cm³/mol. The Bertz CT molecular complexity index is 1500. The molecular formula is C30H34ClN5O4S. The largest absolute Gasteiger partial charge is 0.325 e. The smallest absolute Gasteiger partial charge is 0.255 e. The van der Waals surface area contributed by atoms with Crippen molar-refractivity contribution in [2.75, 3.05) is 49.6 Å². The Kier molecular flexibility index (Phi) is 9.06. The van der Waals surface area contributed by atoms with E-state index >= 15 is 0 Å². The molecule has 3 aromatic rings. The molecule has 216 valence electrons. The Morgan fingerprint density at radius 1 is 0.927 bits per heavy atom. The molecule has 9 nitrogen and oxygen atoms in total. The van der Waals surface area contributed by atoms with Gasteiger partial charge in [-0.1, -0.05) is 35.9 Å². The van der Waals surface area contributed by atoms with Crippen molar-refractivity contribution in [3.8, 4) is 11.1 Å². The van der Waals surface area contributed by atoms with Crippen LogP contribution in [0.5, 0.6) is 0 Å². The fourth-order valence-electron chi connectivity index (χ4n) is 5.14. The number of rotatable bonds is 8. The van der Waals surface area contributed by atoms with E-state index in [0.717, 1.165) is 42.6 Å². The minimum Gasteiger partial charge on any atom is -0.325 e. The standard InChI is InChI=1S/C30H34ClN5O4S/c1-41(39,40)36-17-15-35(16-18-36)20-21-4-10-24(11-5-21)33-29(37)23-8-6-22(7-9-23)26-19-25(12-13-27(26)31)34-30(38)28-3-2-14-32-28/h4-13,19,28,32H,2-3,14-18,20H2,1H3,(H,33,37)(H,34,38)/t28-/m1/s1. The Balaban J connectivity index is 1.17. The molecule has 0 aliphatic carbocycles. The van der Waals surface area contributed by atoms with Crippen LogP contribution in [0.2, 0.25) is 5.02 Å². The van der Waals surface area contributed by atoms with E-state index in [1.54, 1.807) is 24.3 Å². The summed E-state index contributed by atoms with van der Waals surface area (Å²) < 4.78 is 24.9. The summed E-state index contributed by atoms with van der Waals surface area (Å²) in [4.78, 5) is 27.6. The zero-order chi connectivity index (χ0) is 29.0. The van der Waals surface area contributed by atoms with Gasteiger partial charge in [-0.3, -0.25) is 14.5 Å². The predicted octanol–water partition coefficient (Wildman–Crippen LogP) is 4.03. The third-order valence-corrected chi connectivity index (χ3v) is 9.12. The number of hydrogen-bond acceptors (Lipinski definition) is 6. The molecule has 2 amide bonds. The number of hydrogen-bond donors (Lipinski definition) is 3. The number of halogens is 1. The molecule has 0 spiro atoms. The highest BCUT2D eigenvalue weighted by Crippen LogP contribution is 2.31. The number of piperazine rings is 1. The number of sulfonamides is 1. The van der Waals surface area contributed by atoms with Crippen molar-refractivity contribution in [3.63, 3.8) is 0 Å². The molecule has 2 aliphatic heterocycles. The average Bonchev–Trinajstić information content (AvgIpc) is 3.51. The summed E-state index contributed by atoms with van der Waals surface area (Å²) in [7, 11) is -3.14. The van der Waals surface area contributed by atoms with Gasteiger partial charge in [-0.2, -0.15) is 4.31 Å². The first kappa shape index (κ1) is 29.2. The van der Waals surface area contributed by atoms with Crippen LogP contribution in [0.3, 0.4) is 0 Å². The van der Waals surface area contributed by atoms with E-state index in [1.807, 2.05) is 42.5 Å². The fraction of sp³-hybridized carbons (Fsp3) is 0.333. The van der Waals surface area contributed by atoms with E-state index in [-0.39, 0.29) is 17.9 Å². The van der Waals surface area contributed by atoms with Crippen LogP contribution in [0.1, 0.15) is 28.8 Å². The normalized spacial score (nSPS) is 18.2. The Hall–Kier alpha value is -3.28. The lowest BCUT2D eigenvalue weighted by Crippen LogP contribution is -2.47. The van der Waals surface area contributed by atoms with Gasteiger partial charge >= 0.3 is 0 Å². The topological polar surface area (TPSA) is 111 Å². The van der Waals surface area contributed by atoms with Crippen LogP contribution in [0.25, 0.3) is 11.1 Å². The van der Waals surface area contributed by atoms with Crippen LogP contribution in [-0.4, -0.2) is 74.5 Å². The zero-order valence-corrected chi connectivity index (χ0v) is 24.5. The molecule has 41 heavy (non-hydrogen) atoms. The number of benzene rings is 3. The summed E-state index contributed by atoms with van der Waals surface area (Å²) in [6.07, 6.45) is 3.06. The van der Waals surface area contributed by atoms with Crippen molar-refractivity contribution in [2.24, 2.45) is 0 Å². The van der Waals surface area contributed by atoms with Crippen LogP contribution in [0.15, 0.2) is 66.7 Å². The highest BCUT2D eigenvalue weighted by atomic mass is 35.5. The van der Waals surface area contributed by atoms with Gasteiger partial charge in [-0.05, 0) is 73.0 Å². The number of carbonyl (C=O) groups excluding carboxylic acids is 2. The first-order valence-electron chi connectivity index (χ1n) is 13.7. The molecule has 11 heteroatoms. The quantitative estimate of drug-likeness (QED) is 0.363. The van der Waals surface area contributed by atoms with Gasteiger partial charge in [0.15, 0.2) is 0 Å². The SMILES string of the molecule is CS(=O)(=O)N1CCN(Cc2ccc(NC(=O)c3ccc(-c4cc(NC(=O)[C@H]5CCCN5)ccc4Cl)cc3)cc2)CC1. The van der Waals surface area contributed by atoms with Crippen LogP contribution in [0, 0.1) is 0 Å². The van der Waals surface area contributed by atoms with E-state index < -0.39 is 10.0 Å². The van der Waals surface area contributed by atoms with Gasteiger partial charge in [0.05, 0.1) is 12.3 Å². The minimum atomic E-state index is -3.14. The summed E-state index contributed by atoms with van der Waals surface area (Å²) in [5.41, 5.74) is 4.56. The van der Waals surface area contributed by atoms with E-state index in [1.165, 1.54) is 10.6 Å². The molecule has 3 aromatic carbocycles. The number of anilines is 2. The van der Waals surface area contributed by atoms with E-state index in [4.69, 9.17) is 11.6 Å². The van der Waals surface area contributed by atoms with Crippen molar-refractivity contribution < 1.29 is 18.0 Å². The molecule has 5 rings (SSSR count). The second kappa shape index (κ2) is 12.7. The summed E-state index contributed by atoms with van der Waals surface area (Å²) in [5, 5.41) is 9.64. The van der Waals surface area contributed by atoms with Crippen LogP contribution in [0.4, 0.5) is 11.4 Å². The van der Waals surface area contributed by atoms with Gasteiger partial charge in [-0.25, -0.2) is 8.42 Å². The van der Waals surface area contributed by atoms with Crippen molar-refractivity contribution in [3.05, 3.63) is 82.9 Å². The minimum absolute atomic E-state index is 0.0525. The van der Waals surface area contributed by atoms with Crippen LogP contribution >= 0.6 is 11.6 Å². The number of nitrogens with one attached hydrogen (secondary N) is 3. The molecular weight excluding hydrogens is 562 g/mol. The van der Waals surface area contributed by atoms with Gasteiger partial charge in [0.25, 0.3) is 5.91 Å². The molecule has 2 fully saturated rings. The van der Waals surface area contributed by atoms with Crippen molar-refractivity contribution in [2.45, 2.75) is 25.4 Å². The Labute approximate surface area is 245 Å². The highest BCUT2D eigenvalue weighted by molar-refractivity contribution is 7.88. The second-order valence-corrected chi connectivity index (χ2v) is 12.9. The molecule has 2 aliphatic rings. The molecule has 2 heterocycles. The molecule has 1 atom stereocenters. The third kappa shape index (κ3) is 7.52. The lowest BCUT2D eigenvalue weighted by atomic mass is 10.0. The second-order valence-electron chi connectivity index (χ2n) is 10.5. The fourth-order valence-corrected chi connectivity index (χ4v) is 6.19. The molecule has 0 bridgehead atoms. The van der Waals surface area contributed by atoms with Gasteiger partial charge in [0.2, 0.25) is 15.9 Å². The van der Waals surface area contributed by atoms with Crippen molar-refractivity contribution >= 4 is 44.8 Å². The van der Waals surface area contributed by atoms with E-state index in [0.29, 0.717) is 48.1 Å². The molecule has 0 radical (unpaired) electrons. The van der Waals surface area contributed by atoms with Crippen molar-refractivity contribution in [1.29, 1.82) is 0 Å². The maximum atomic E-state index is 12.9. The summed E-state index contributed by atoms with van der Waals surface area (Å²) >= 11 is 6.47. The first-order valence-corrected chi connectivity index (χ1v) is 15.9. The monoisotopic (exact) mass is 595 g/mol. The lowest BCUT2D eigenvalue weighted by molar-refractivity contribution is -0.117. The van der Waals surface area contributed by atoms with Crippen LogP contribution in [-0.2, 0) is 21.4 Å². The van der Waals surface area contributed by atoms with Crippen LogP contribution < -0.4 is 16.0 Å². The highest BCUT2D eigenvalue weighted by Gasteiger charge is 2.24. The zero-order valence-electron chi connectivity index (χ0n) is 22.9. The average molecular weight is 596 g/mol. The molecule has 0 unspecified atom stereocenters. The summed E-state index contributed by atoms with van der Waals surface area (Å²) in [6.45, 7) is 3.94. The third-order valence-electron chi connectivity index (χ3n) is 7.49. The molecule has 2 saturated heterocycles. The Morgan fingerprint density at radius 3 is 2.24 bits per heavy atom. The maximum Gasteiger partial charge on any atom is 0.255 e. The number of carbonyl (C=O) groups is 2. The van der Waals surface area contributed by atoms with Gasteiger partial charge < -0.3 is 16.0 Å². The van der Waals surface area contributed by atoms with E-state index in [2.05, 4.69) is 20.9 Å². The van der Waals surface area contributed by atoms with Crippen molar-refractivity contribution in [1.82, 2.24) is 14.5 Å². The number of nitrogens with zero attached hydrogens (tertiary/aromatic N) is 2. The lowest BCUT2D eigenvalue weighted by Gasteiger charge is -2.33. The number of amides is 2. The van der Waals surface area contributed by atoms with Gasteiger partial charge in [0, 0.05) is 60.2 Å². The molecule has 0 aromatic heterocycles. The van der Waals surface area contributed by atoms with Gasteiger partial charge in [-0.15, -0.1) is 0 Å². The maximum absolute atomic E-state index is 12.9. The molecule has 3 N–H and O–H groups in total. The van der Waals surface area contributed by atoms with E-state index in [9.17, 15) is 18.0 Å².